The van der Waals surface area contributed by atoms with Gasteiger partial charge in [0, 0.05) is 30.0 Å². The number of rotatable bonds is 15. The fraction of sp³-hybridized carbons (Fsp3) is 0.488. The lowest BCUT2D eigenvalue weighted by Crippen LogP contribution is -2.59. The maximum absolute atomic E-state index is 15.1. The third-order valence-corrected chi connectivity index (χ3v) is 10.4. The normalized spacial score (nSPS) is 21.5. The van der Waals surface area contributed by atoms with E-state index in [1.807, 2.05) is 0 Å². The molecular weight excluding hydrogens is 735 g/mol. The molecule has 5 rings (SSSR count). The van der Waals surface area contributed by atoms with Crippen molar-refractivity contribution in [1.82, 2.24) is 20.0 Å². The molecule has 0 aromatic heterocycles. The first-order valence-corrected chi connectivity index (χ1v) is 19.5. The molecule has 1 aliphatic carbocycles. The largest absolute Gasteiger partial charge is 0.464 e. The molecule has 0 bridgehead atoms. The summed E-state index contributed by atoms with van der Waals surface area (Å²) in [6.45, 7) is 14.0. The number of allylic oxidation sites excluding steroid dienone is 1. The molecular formula is C43H53FN4O9. The molecule has 1 saturated carbocycles. The molecule has 0 radical (unpaired) electrons. The van der Waals surface area contributed by atoms with Gasteiger partial charge in [-0.05, 0) is 77.1 Å². The highest BCUT2D eigenvalue weighted by Crippen LogP contribution is 2.51. The maximum Gasteiger partial charge on any atom is 0.410 e. The van der Waals surface area contributed by atoms with E-state index < -0.39 is 76.9 Å². The second-order valence-corrected chi connectivity index (χ2v) is 15.6. The number of carbonyl (C=O) groups excluding carboxylic acids is 6. The zero-order chi connectivity index (χ0) is 41.5. The highest BCUT2D eigenvalue weighted by atomic mass is 19.1. The Morgan fingerprint density at radius 2 is 1.75 bits per heavy atom. The van der Waals surface area contributed by atoms with E-state index in [9.17, 15) is 28.4 Å². The minimum absolute atomic E-state index is 0.0207. The number of halogens is 1. The lowest BCUT2D eigenvalue weighted by Gasteiger charge is -2.35. The number of ether oxygens (including phenoxy) is 3. The summed E-state index contributed by atoms with van der Waals surface area (Å²) in [5, 5.41) is 2.68. The minimum Gasteiger partial charge on any atom is -0.464 e. The zero-order valence-electron chi connectivity index (χ0n) is 33.2. The monoisotopic (exact) mass is 788 g/mol. The van der Waals surface area contributed by atoms with Crippen molar-refractivity contribution in [3.63, 3.8) is 0 Å². The molecule has 306 valence electrons. The summed E-state index contributed by atoms with van der Waals surface area (Å²) in [4.78, 5) is 88.2. The van der Waals surface area contributed by atoms with Gasteiger partial charge in [-0.25, -0.2) is 18.8 Å². The quantitative estimate of drug-likeness (QED) is 0.0706. The Hall–Kier alpha value is -5.53. The standard InChI is InChI=1S/C43H53FN4O9/c1-7-10-11-12-16-22-34(45-40(53)57-42(4,5)6)37(50)47-26-31(56-41(54)46-25-29-20-17-21-33(44)32(29)27-46)23-35(47)38(51)48(36(49)28-18-14-13-15-19-28)43(24-30(43)8-2)39(52)55-9-3/h7-8,13-15,17-21,30-31,34-35H,1-2,9-12,16,22-27H2,3-6H3,(H,45,53)/t30-,31-,34+,35+,43+/m1/s1. The molecule has 2 heterocycles. The molecule has 2 aliphatic heterocycles. The van der Waals surface area contributed by atoms with E-state index in [-0.39, 0.29) is 51.1 Å². The van der Waals surface area contributed by atoms with E-state index in [4.69, 9.17) is 14.2 Å². The van der Waals surface area contributed by atoms with Gasteiger partial charge in [0.25, 0.3) is 11.8 Å². The Labute approximate surface area is 333 Å². The lowest BCUT2D eigenvalue weighted by molar-refractivity contribution is -0.157. The van der Waals surface area contributed by atoms with E-state index >= 15 is 4.79 Å². The second kappa shape index (κ2) is 18.2. The Morgan fingerprint density at radius 1 is 1.02 bits per heavy atom. The average molecular weight is 789 g/mol. The SMILES string of the molecule is C=CCCCCC[C@H](NC(=O)OC(C)(C)C)C(=O)N1C[C@H](OC(=O)N2Cc3cccc(F)c3C2)C[C@H]1C(=O)N(C(=O)c1ccccc1)[C@@]1(C(=O)OCC)C[C@H]1C=C. The fourth-order valence-corrected chi connectivity index (χ4v) is 7.54. The highest BCUT2D eigenvalue weighted by molar-refractivity contribution is 6.11. The number of alkyl carbamates (subject to hydrolysis) is 1. The predicted octanol–water partition coefficient (Wildman–Crippen LogP) is 6.45. The molecule has 3 aliphatic rings. The topological polar surface area (TPSA) is 152 Å². The van der Waals surface area contributed by atoms with E-state index in [1.165, 1.54) is 34.1 Å². The third-order valence-electron chi connectivity index (χ3n) is 10.4. The van der Waals surface area contributed by atoms with Crippen molar-refractivity contribution in [3.8, 4) is 0 Å². The smallest absolute Gasteiger partial charge is 0.410 e. The number of amides is 5. The molecule has 57 heavy (non-hydrogen) atoms. The van der Waals surface area contributed by atoms with E-state index in [0.29, 0.717) is 17.5 Å². The number of likely N-dealkylation sites (tertiary alicyclic amines) is 1. The molecule has 14 heteroatoms. The van der Waals surface area contributed by atoms with Gasteiger partial charge in [0.15, 0.2) is 5.54 Å². The van der Waals surface area contributed by atoms with E-state index in [0.717, 1.165) is 24.2 Å². The van der Waals surface area contributed by atoms with Crippen molar-refractivity contribution in [2.75, 3.05) is 13.2 Å². The van der Waals surface area contributed by atoms with Crippen LogP contribution < -0.4 is 5.32 Å². The van der Waals surface area contributed by atoms with Crippen LogP contribution in [0.2, 0.25) is 0 Å². The zero-order valence-corrected chi connectivity index (χ0v) is 33.2. The van der Waals surface area contributed by atoms with Gasteiger partial charge < -0.3 is 24.4 Å². The van der Waals surface area contributed by atoms with Crippen LogP contribution in [0.25, 0.3) is 0 Å². The Kier molecular flexibility index (Phi) is 13.6. The number of nitrogens with one attached hydrogen (secondary N) is 1. The van der Waals surface area contributed by atoms with Crippen LogP contribution >= 0.6 is 0 Å². The summed E-state index contributed by atoms with van der Waals surface area (Å²) >= 11 is 0. The Balaban J connectivity index is 1.51. The molecule has 0 spiro atoms. The van der Waals surface area contributed by atoms with Crippen LogP contribution in [0.15, 0.2) is 73.8 Å². The number of unbranched alkanes of at least 4 members (excludes halogenated alkanes) is 3. The molecule has 2 fully saturated rings. The molecule has 2 aromatic carbocycles. The van der Waals surface area contributed by atoms with Gasteiger partial charge in [-0.15, -0.1) is 13.2 Å². The van der Waals surface area contributed by atoms with Gasteiger partial charge in [0.2, 0.25) is 5.91 Å². The Bertz CT molecular complexity index is 1860. The molecule has 0 unspecified atom stereocenters. The number of imide groups is 1. The van der Waals surface area contributed by atoms with Crippen molar-refractivity contribution in [3.05, 3.63) is 96.3 Å². The van der Waals surface area contributed by atoms with Crippen LogP contribution in [0.1, 0.15) is 94.1 Å². The summed E-state index contributed by atoms with van der Waals surface area (Å²) in [5.74, 6) is -4.21. The summed E-state index contributed by atoms with van der Waals surface area (Å²) in [6, 6.07) is 9.98. The Morgan fingerprint density at radius 3 is 2.39 bits per heavy atom. The van der Waals surface area contributed by atoms with Gasteiger partial charge in [-0.1, -0.05) is 55.3 Å². The molecule has 1 N–H and O–H groups in total. The number of nitrogens with zero attached hydrogens (tertiary/aromatic N) is 3. The molecule has 2 aromatic rings. The highest BCUT2D eigenvalue weighted by Gasteiger charge is 2.68. The first-order valence-electron chi connectivity index (χ1n) is 19.5. The van der Waals surface area contributed by atoms with Crippen LogP contribution in [0, 0.1) is 11.7 Å². The van der Waals surface area contributed by atoms with Crippen LogP contribution in [0.5, 0.6) is 0 Å². The summed E-state index contributed by atoms with van der Waals surface area (Å²) in [7, 11) is 0. The number of carbonyl (C=O) groups is 6. The first kappa shape index (κ1) is 42.6. The average Bonchev–Trinajstić information content (AvgIpc) is 3.48. The van der Waals surface area contributed by atoms with Crippen molar-refractivity contribution in [2.24, 2.45) is 5.92 Å². The third kappa shape index (κ3) is 9.72. The van der Waals surface area contributed by atoms with Gasteiger partial charge in [0.1, 0.15) is 29.6 Å². The van der Waals surface area contributed by atoms with Crippen LogP contribution in [-0.4, -0.2) is 93.1 Å². The molecule has 5 amide bonds. The number of hydrogen-bond acceptors (Lipinski definition) is 9. The molecule has 1 saturated heterocycles. The van der Waals surface area contributed by atoms with Gasteiger partial charge in [-0.2, -0.15) is 0 Å². The minimum atomic E-state index is -1.74. The van der Waals surface area contributed by atoms with Gasteiger partial charge >= 0.3 is 18.2 Å². The van der Waals surface area contributed by atoms with Crippen molar-refractivity contribution in [2.45, 2.75) is 115 Å². The first-order chi connectivity index (χ1) is 27.1. The summed E-state index contributed by atoms with van der Waals surface area (Å²) in [6.07, 6.45) is 3.43. The number of benzene rings is 2. The number of hydrogen-bond donors (Lipinski definition) is 1. The van der Waals surface area contributed by atoms with Crippen molar-refractivity contribution in [1.29, 1.82) is 0 Å². The summed E-state index contributed by atoms with van der Waals surface area (Å²) in [5.41, 5.74) is -1.50. The molecule has 5 atom stereocenters. The maximum atomic E-state index is 15.1. The fourth-order valence-electron chi connectivity index (χ4n) is 7.54. The van der Waals surface area contributed by atoms with Crippen LogP contribution in [0.3, 0.4) is 0 Å². The number of esters is 1. The van der Waals surface area contributed by atoms with Crippen LogP contribution in [-0.2, 0) is 41.7 Å². The van der Waals surface area contributed by atoms with Crippen molar-refractivity contribution < 1.29 is 47.4 Å². The number of fused-ring (bicyclic) bond motifs is 1. The van der Waals surface area contributed by atoms with E-state index in [1.54, 1.807) is 64.1 Å². The van der Waals surface area contributed by atoms with Crippen LogP contribution in [0.4, 0.5) is 14.0 Å². The summed E-state index contributed by atoms with van der Waals surface area (Å²) < 4.78 is 31.4. The van der Waals surface area contributed by atoms with Crippen molar-refractivity contribution >= 4 is 35.9 Å². The molecule has 13 nitrogen and oxygen atoms in total. The predicted molar refractivity (Wildman–Crippen MR) is 208 cm³/mol. The van der Waals surface area contributed by atoms with Gasteiger partial charge in [-0.3, -0.25) is 24.2 Å². The van der Waals surface area contributed by atoms with Gasteiger partial charge in [0.05, 0.1) is 19.7 Å². The van der Waals surface area contributed by atoms with E-state index in [2.05, 4.69) is 18.5 Å². The second-order valence-electron chi connectivity index (χ2n) is 15.6. The lowest BCUT2D eigenvalue weighted by atomic mass is 10.0.